The van der Waals surface area contributed by atoms with E-state index in [1.165, 1.54) is 0 Å². The standard InChI is InChI=1S/C11H20N2O3/c1-12-10(14)7-13-6-8-2-4-9(5-3-8)11(15)16/h8-9,13H,2-7H2,1H3,(H,12,14)(H,15,16). The van der Waals surface area contributed by atoms with E-state index < -0.39 is 5.97 Å². The minimum Gasteiger partial charge on any atom is -0.481 e. The summed E-state index contributed by atoms with van der Waals surface area (Å²) < 4.78 is 0. The summed E-state index contributed by atoms with van der Waals surface area (Å²) in [6.07, 6.45) is 3.42. The molecular weight excluding hydrogens is 208 g/mol. The predicted molar refractivity (Wildman–Crippen MR) is 60.0 cm³/mol. The normalized spacial score (nSPS) is 25.1. The van der Waals surface area contributed by atoms with Gasteiger partial charge >= 0.3 is 5.97 Å². The Labute approximate surface area is 95.6 Å². The third kappa shape index (κ3) is 4.18. The van der Waals surface area contributed by atoms with Crippen LogP contribution in [-0.4, -0.2) is 37.1 Å². The summed E-state index contributed by atoms with van der Waals surface area (Å²) in [4.78, 5) is 21.7. The summed E-state index contributed by atoms with van der Waals surface area (Å²) in [7, 11) is 1.61. The van der Waals surface area contributed by atoms with Crippen LogP contribution < -0.4 is 10.6 Å². The van der Waals surface area contributed by atoms with Gasteiger partial charge < -0.3 is 15.7 Å². The summed E-state index contributed by atoms with van der Waals surface area (Å²) in [6.45, 7) is 1.15. The Balaban J connectivity index is 2.13. The summed E-state index contributed by atoms with van der Waals surface area (Å²) in [5, 5.41) is 14.5. The molecule has 92 valence electrons. The van der Waals surface area contributed by atoms with Crippen molar-refractivity contribution >= 4 is 11.9 Å². The fourth-order valence-electron chi connectivity index (χ4n) is 2.09. The molecule has 0 unspecified atom stereocenters. The molecule has 16 heavy (non-hydrogen) atoms. The highest BCUT2D eigenvalue weighted by Gasteiger charge is 2.25. The maximum Gasteiger partial charge on any atom is 0.306 e. The van der Waals surface area contributed by atoms with Crippen LogP contribution >= 0.6 is 0 Å². The molecule has 0 atom stereocenters. The number of nitrogens with one attached hydrogen (secondary N) is 2. The summed E-state index contributed by atoms with van der Waals surface area (Å²) in [5.41, 5.74) is 0. The number of rotatable bonds is 5. The predicted octanol–water partition coefficient (Wildman–Crippen LogP) is 0.213. The largest absolute Gasteiger partial charge is 0.481 e. The molecule has 0 heterocycles. The zero-order valence-corrected chi connectivity index (χ0v) is 9.66. The molecule has 1 fully saturated rings. The molecule has 0 aliphatic heterocycles. The van der Waals surface area contributed by atoms with E-state index in [1.807, 2.05) is 0 Å². The molecule has 1 aliphatic rings. The first-order valence-electron chi connectivity index (χ1n) is 5.77. The van der Waals surface area contributed by atoms with Crippen molar-refractivity contribution in [3.8, 4) is 0 Å². The first-order chi connectivity index (χ1) is 7.63. The van der Waals surface area contributed by atoms with Gasteiger partial charge in [0.2, 0.25) is 5.91 Å². The molecule has 0 radical (unpaired) electrons. The fourth-order valence-corrected chi connectivity index (χ4v) is 2.09. The quantitative estimate of drug-likeness (QED) is 0.628. The van der Waals surface area contributed by atoms with E-state index in [9.17, 15) is 9.59 Å². The molecule has 0 spiro atoms. The van der Waals surface area contributed by atoms with E-state index in [2.05, 4.69) is 10.6 Å². The van der Waals surface area contributed by atoms with Crippen LogP contribution in [0.2, 0.25) is 0 Å². The van der Waals surface area contributed by atoms with Crippen LogP contribution in [0.25, 0.3) is 0 Å². The topological polar surface area (TPSA) is 78.4 Å². The van der Waals surface area contributed by atoms with Crippen molar-refractivity contribution < 1.29 is 14.7 Å². The molecule has 5 nitrogen and oxygen atoms in total. The van der Waals surface area contributed by atoms with Gasteiger partial charge in [0.1, 0.15) is 0 Å². The van der Waals surface area contributed by atoms with Crippen LogP contribution in [0.15, 0.2) is 0 Å². The van der Waals surface area contributed by atoms with Gasteiger partial charge in [0.15, 0.2) is 0 Å². The molecule has 1 saturated carbocycles. The van der Waals surface area contributed by atoms with Crippen LogP contribution in [0.4, 0.5) is 0 Å². The highest BCUT2D eigenvalue weighted by Crippen LogP contribution is 2.28. The Hall–Kier alpha value is -1.10. The molecule has 0 aromatic heterocycles. The van der Waals surface area contributed by atoms with Crippen LogP contribution in [0.5, 0.6) is 0 Å². The zero-order chi connectivity index (χ0) is 12.0. The Morgan fingerprint density at radius 3 is 2.38 bits per heavy atom. The summed E-state index contributed by atoms with van der Waals surface area (Å²) in [5.74, 6) is -0.327. The van der Waals surface area contributed by atoms with Gasteiger partial charge in [0.05, 0.1) is 12.5 Å². The van der Waals surface area contributed by atoms with Crippen LogP contribution in [0, 0.1) is 11.8 Å². The molecule has 3 N–H and O–H groups in total. The lowest BCUT2D eigenvalue weighted by molar-refractivity contribution is -0.143. The number of amides is 1. The van der Waals surface area contributed by atoms with E-state index in [1.54, 1.807) is 7.05 Å². The second-order valence-electron chi connectivity index (χ2n) is 4.36. The Morgan fingerprint density at radius 2 is 1.88 bits per heavy atom. The van der Waals surface area contributed by atoms with E-state index in [0.29, 0.717) is 12.5 Å². The maximum absolute atomic E-state index is 10.9. The Bertz CT molecular complexity index is 248. The van der Waals surface area contributed by atoms with Gasteiger partial charge in [0, 0.05) is 7.05 Å². The third-order valence-electron chi connectivity index (χ3n) is 3.19. The van der Waals surface area contributed by atoms with E-state index in [0.717, 1.165) is 32.2 Å². The van der Waals surface area contributed by atoms with Crippen molar-refractivity contribution in [1.29, 1.82) is 0 Å². The molecule has 1 aliphatic carbocycles. The van der Waals surface area contributed by atoms with E-state index >= 15 is 0 Å². The smallest absolute Gasteiger partial charge is 0.306 e. The second kappa shape index (κ2) is 6.48. The van der Waals surface area contributed by atoms with Crippen LogP contribution in [0.3, 0.4) is 0 Å². The molecule has 1 amide bonds. The monoisotopic (exact) mass is 228 g/mol. The molecule has 0 saturated heterocycles. The molecular formula is C11H20N2O3. The molecule has 0 aromatic carbocycles. The number of hydrogen-bond acceptors (Lipinski definition) is 3. The number of carboxylic acid groups (broad SMARTS) is 1. The fraction of sp³-hybridized carbons (Fsp3) is 0.818. The van der Waals surface area contributed by atoms with Gasteiger partial charge in [-0.2, -0.15) is 0 Å². The van der Waals surface area contributed by atoms with Crippen molar-refractivity contribution in [2.75, 3.05) is 20.1 Å². The highest BCUT2D eigenvalue weighted by molar-refractivity contribution is 5.77. The van der Waals surface area contributed by atoms with Gasteiger partial charge in [0.25, 0.3) is 0 Å². The van der Waals surface area contributed by atoms with Crippen molar-refractivity contribution in [3.05, 3.63) is 0 Å². The van der Waals surface area contributed by atoms with Gasteiger partial charge in [-0.1, -0.05) is 0 Å². The number of carbonyl (C=O) groups excluding carboxylic acids is 1. The summed E-state index contributed by atoms with van der Waals surface area (Å²) in [6, 6.07) is 0. The number of carboxylic acids is 1. The summed E-state index contributed by atoms with van der Waals surface area (Å²) >= 11 is 0. The molecule has 1 rings (SSSR count). The van der Waals surface area contributed by atoms with Crippen LogP contribution in [0.1, 0.15) is 25.7 Å². The molecule has 5 heteroatoms. The first-order valence-corrected chi connectivity index (χ1v) is 5.77. The van der Waals surface area contributed by atoms with E-state index in [4.69, 9.17) is 5.11 Å². The van der Waals surface area contributed by atoms with Gasteiger partial charge in [-0.05, 0) is 38.1 Å². The first kappa shape index (κ1) is 13.0. The Morgan fingerprint density at radius 1 is 1.25 bits per heavy atom. The molecule has 0 aromatic rings. The average molecular weight is 228 g/mol. The van der Waals surface area contributed by atoms with Crippen molar-refractivity contribution in [2.45, 2.75) is 25.7 Å². The third-order valence-corrected chi connectivity index (χ3v) is 3.19. The van der Waals surface area contributed by atoms with Gasteiger partial charge in [-0.3, -0.25) is 9.59 Å². The Kier molecular flexibility index (Phi) is 5.25. The number of aliphatic carboxylic acids is 1. The van der Waals surface area contributed by atoms with Gasteiger partial charge in [-0.15, -0.1) is 0 Å². The minimum absolute atomic E-state index is 0.0146. The SMILES string of the molecule is CNC(=O)CNCC1CCC(C(=O)O)CC1. The maximum atomic E-state index is 10.9. The lowest BCUT2D eigenvalue weighted by Crippen LogP contribution is -2.35. The zero-order valence-electron chi connectivity index (χ0n) is 9.66. The lowest BCUT2D eigenvalue weighted by atomic mass is 9.82. The average Bonchev–Trinajstić information content (AvgIpc) is 2.29. The molecule has 0 bridgehead atoms. The van der Waals surface area contributed by atoms with Crippen molar-refractivity contribution in [3.63, 3.8) is 0 Å². The number of carbonyl (C=O) groups is 2. The lowest BCUT2D eigenvalue weighted by Gasteiger charge is -2.26. The number of likely N-dealkylation sites (N-methyl/N-ethyl adjacent to an activating group) is 1. The minimum atomic E-state index is -0.670. The second-order valence-corrected chi connectivity index (χ2v) is 4.36. The highest BCUT2D eigenvalue weighted by atomic mass is 16.4. The van der Waals surface area contributed by atoms with Crippen LogP contribution in [-0.2, 0) is 9.59 Å². The van der Waals surface area contributed by atoms with Crippen molar-refractivity contribution in [1.82, 2.24) is 10.6 Å². The van der Waals surface area contributed by atoms with Crippen molar-refractivity contribution in [2.24, 2.45) is 11.8 Å². The van der Waals surface area contributed by atoms with Gasteiger partial charge in [-0.25, -0.2) is 0 Å². The number of hydrogen-bond donors (Lipinski definition) is 3. The van der Waals surface area contributed by atoms with E-state index in [-0.39, 0.29) is 11.8 Å².